The van der Waals surface area contributed by atoms with Gasteiger partial charge in [0, 0.05) is 30.8 Å². The predicted octanol–water partition coefficient (Wildman–Crippen LogP) is 4.75. The summed E-state index contributed by atoms with van der Waals surface area (Å²) in [7, 11) is -3.98. The number of rotatable bonds is 8. The molecule has 2 aromatic rings. The zero-order valence-electron chi connectivity index (χ0n) is 20.8. The summed E-state index contributed by atoms with van der Waals surface area (Å²) in [4.78, 5) is 2.37. The largest absolute Gasteiger partial charge is 0.417 e. The maximum atomic E-state index is 13.7. The Labute approximate surface area is 216 Å². The molecule has 0 radical (unpaired) electrons. The lowest BCUT2D eigenvalue weighted by Gasteiger charge is -2.31. The van der Waals surface area contributed by atoms with Crippen LogP contribution in [-0.2, 0) is 27.5 Å². The van der Waals surface area contributed by atoms with E-state index in [9.17, 15) is 26.9 Å². The molecule has 0 aromatic heterocycles. The van der Waals surface area contributed by atoms with Crippen LogP contribution in [-0.4, -0.2) is 51.9 Å². The minimum atomic E-state index is -4.76. The van der Waals surface area contributed by atoms with Gasteiger partial charge in [-0.25, -0.2) is 0 Å². The smallest absolute Gasteiger partial charge is 0.383 e. The number of aryl methyl sites for hydroxylation is 1. The minimum absolute atomic E-state index is 0.305. The van der Waals surface area contributed by atoms with Crippen LogP contribution in [0.1, 0.15) is 54.0 Å². The van der Waals surface area contributed by atoms with E-state index >= 15 is 0 Å². The average molecular weight is 535 g/mol. The van der Waals surface area contributed by atoms with Crippen LogP contribution in [0, 0.1) is 23.2 Å². The van der Waals surface area contributed by atoms with Crippen LogP contribution in [0.25, 0.3) is 0 Å². The van der Waals surface area contributed by atoms with Crippen LogP contribution in [0.2, 0.25) is 0 Å². The Balaban J connectivity index is 1.78. The Morgan fingerprint density at radius 3 is 2.38 bits per heavy atom. The summed E-state index contributed by atoms with van der Waals surface area (Å²) < 4.78 is 73.9. The second kappa shape index (κ2) is 12.5. The number of alkyl halides is 3. The van der Waals surface area contributed by atoms with E-state index in [1.807, 2.05) is 6.92 Å². The molecule has 1 fully saturated rings. The summed E-state index contributed by atoms with van der Waals surface area (Å²) in [5.41, 5.74) is 0.393. The Morgan fingerprint density at radius 2 is 1.76 bits per heavy atom. The minimum Gasteiger partial charge on any atom is -0.383 e. The number of piperidine rings is 1. The molecule has 37 heavy (non-hydrogen) atoms. The van der Waals surface area contributed by atoms with E-state index < -0.39 is 27.6 Å². The van der Waals surface area contributed by atoms with Crippen molar-refractivity contribution >= 4 is 10.1 Å². The maximum absolute atomic E-state index is 13.7. The van der Waals surface area contributed by atoms with Gasteiger partial charge < -0.3 is 13.8 Å². The Kier molecular flexibility index (Phi) is 9.61. The molecule has 0 atom stereocenters. The van der Waals surface area contributed by atoms with E-state index in [1.54, 1.807) is 18.2 Å². The molecule has 0 aliphatic carbocycles. The Morgan fingerprint density at radius 1 is 1.08 bits per heavy atom. The molecular formula is C27H29F3N2O4S. The van der Waals surface area contributed by atoms with Crippen molar-refractivity contribution in [3.63, 3.8) is 0 Å². The van der Waals surface area contributed by atoms with Crippen molar-refractivity contribution in [2.75, 3.05) is 32.5 Å². The van der Waals surface area contributed by atoms with Crippen molar-refractivity contribution in [2.45, 2.75) is 44.9 Å². The summed E-state index contributed by atoms with van der Waals surface area (Å²) >= 11 is 0. The van der Waals surface area contributed by atoms with Crippen molar-refractivity contribution in [1.82, 2.24) is 4.90 Å². The van der Waals surface area contributed by atoms with E-state index in [1.165, 1.54) is 0 Å². The molecule has 2 aromatic carbocycles. The second-order valence-corrected chi connectivity index (χ2v) is 10.4. The molecule has 1 heterocycles. The van der Waals surface area contributed by atoms with Gasteiger partial charge in [-0.3, -0.25) is 0 Å². The number of likely N-dealkylation sites (tertiary alicyclic amines) is 1. The second-order valence-electron chi connectivity index (χ2n) is 8.83. The van der Waals surface area contributed by atoms with Gasteiger partial charge in [0.15, 0.2) is 0 Å². The van der Waals surface area contributed by atoms with Crippen LogP contribution < -0.4 is 4.18 Å². The first-order valence-electron chi connectivity index (χ1n) is 12.0. The van der Waals surface area contributed by atoms with Gasteiger partial charge in [0.2, 0.25) is 0 Å². The van der Waals surface area contributed by atoms with E-state index in [0.29, 0.717) is 36.3 Å². The third kappa shape index (κ3) is 8.78. The average Bonchev–Trinajstić information content (AvgIpc) is 2.83. The van der Waals surface area contributed by atoms with Crippen molar-refractivity contribution in [1.29, 1.82) is 5.26 Å². The van der Waals surface area contributed by atoms with Gasteiger partial charge >= 0.3 is 16.3 Å². The number of hydrogen-bond donors (Lipinski definition) is 0. The highest BCUT2D eigenvalue weighted by molar-refractivity contribution is 7.86. The van der Waals surface area contributed by atoms with E-state index in [-0.39, 0.29) is 5.56 Å². The molecule has 10 heteroatoms. The lowest BCUT2D eigenvalue weighted by molar-refractivity contribution is -0.137. The predicted molar refractivity (Wildman–Crippen MR) is 133 cm³/mol. The highest BCUT2D eigenvalue weighted by Crippen LogP contribution is 2.34. The highest BCUT2D eigenvalue weighted by atomic mass is 32.2. The molecule has 1 saturated heterocycles. The fourth-order valence-corrected chi connectivity index (χ4v) is 4.70. The van der Waals surface area contributed by atoms with Crippen molar-refractivity contribution < 1.29 is 30.5 Å². The number of nitriles is 1. The summed E-state index contributed by atoms with van der Waals surface area (Å²) in [5.74, 6) is 4.96. The Bertz CT molecular complexity index is 1300. The molecular weight excluding hydrogens is 505 g/mol. The summed E-state index contributed by atoms with van der Waals surface area (Å²) in [6, 6.07) is 9.89. The van der Waals surface area contributed by atoms with Crippen LogP contribution in [0.3, 0.4) is 0 Å². The number of benzene rings is 2. The molecule has 3 rings (SSSR count). The summed E-state index contributed by atoms with van der Waals surface area (Å²) in [6.07, 6.45) is -0.280. The number of halogens is 3. The highest BCUT2D eigenvalue weighted by Gasteiger charge is 2.34. The zero-order chi connectivity index (χ0) is 27.1. The van der Waals surface area contributed by atoms with Gasteiger partial charge in [0.25, 0.3) is 0 Å². The van der Waals surface area contributed by atoms with Crippen molar-refractivity contribution in [3.8, 4) is 23.7 Å². The molecule has 0 unspecified atom stereocenters. The van der Waals surface area contributed by atoms with Crippen LogP contribution in [0.5, 0.6) is 5.75 Å². The normalized spacial score (nSPS) is 15.0. The molecule has 0 spiro atoms. The molecule has 1 aliphatic heterocycles. The third-order valence-electron chi connectivity index (χ3n) is 5.97. The molecule has 6 nitrogen and oxygen atoms in total. The number of ether oxygens (including phenoxy) is 1. The fourth-order valence-electron chi connectivity index (χ4n) is 4.25. The van der Waals surface area contributed by atoms with Gasteiger partial charge in [-0.05, 0) is 81.1 Å². The van der Waals surface area contributed by atoms with Gasteiger partial charge in [-0.15, -0.1) is 0 Å². The Hall–Kier alpha value is -3.05. The first kappa shape index (κ1) is 28.5. The van der Waals surface area contributed by atoms with Gasteiger partial charge in [-0.1, -0.05) is 11.8 Å². The summed E-state index contributed by atoms with van der Waals surface area (Å²) in [6.45, 7) is 5.48. The molecule has 1 aliphatic rings. The third-order valence-corrected chi connectivity index (χ3v) is 6.46. The summed E-state index contributed by atoms with van der Waals surface area (Å²) in [5, 5.41) is 9.31. The fraction of sp³-hybridized carbons (Fsp3) is 0.444. The quantitative estimate of drug-likeness (QED) is 0.359. The molecule has 0 bridgehead atoms. The molecule has 198 valence electrons. The van der Waals surface area contributed by atoms with Gasteiger partial charge in [-0.2, -0.15) is 26.9 Å². The number of hydrogen-bond acceptors (Lipinski definition) is 6. The van der Waals surface area contributed by atoms with Crippen LogP contribution in [0.15, 0.2) is 36.4 Å². The molecule has 0 amide bonds. The van der Waals surface area contributed by atoms with E-state index in [2.05, 4.69) is 27.0 Å². The first-order chi connectivity index (χ1) is 17.5. The lowest BCUT2D eigenvalue weighted by atomic mass is 9.99. The van der Waals surface area contributed by atoms with Gasteiger partial charge in [0.05, 0.1) is 29.6 Å². The van der Waals surface area contributed by atoms with Crippen molar-refractivity contribution in [3.05, 3.63) is 64.2 Å². The topological polar surface area (TPSA) is 79.6 Å². The monoisotopic (exact) mass is 534 g/mol. The molecule has 0 saturated carbocycles. The van der Waals surface area contributed by atoms with E-state index in [4.69, 9.17) is 4.74 Å². The van der Waals surface area contributed by atoms with Crippen LogP contribution >= 0.6 is 0 Å². The number of nitrogens with zero attached hydrogens (tertiary/aromatic N) is 2. The van der Waals surface area contributed by atoms with Gasteiger partial charge in [0.1, 0.15) is 5.75 Å². The van der Waals surface area contributed by atoms with Crippen LogP contribution in [0.4, 0.5) is 13.2 Å². The first-order valence-corrected chi connectivity index (χ1v) is 13.8. The molecule has 0 N–H and O–H groups in total. The van der Waals surface area contributed by atoms with E-state index in [0.717, 1.165) is 62.8 Å². The maximum Gasteiger partial charge on any atom is 0.417 e. The zero-order valence-corrected chi connectivity index (χ0v) is 21.6. The lowest BCUT2D eigenvalue weighted by Crippen LogP contribution is -2.37. The van der Waals surface area contributed by atoms with Crippen molar-refractivity contribution in [2.24, 2.45) is 0 Å². The SMILES string of the molecule is CCOC1CCN(CCCc2cc(C#N)ccc2C#Cc2ccc(OS(C)(=O)=O)cc2C(F)(F)F)CC1. The standard InChI is InChI=1S/C27H29F3N2O4S/c1-3-35-24-12-15-32(16-13-24)14-4-5-23-17-20(19-31)6-7-21(23)8-9-22-10-11-25(36-37(2,33)34)18-26(22)27(28,29)30/h6-7,10-11,17-18,24H,3-5,12-16H2,1-2H3.